The maximum atomic E-state index is 14.1. The number of fused-ring (bicyclic) bond motifs is 1. The normalized spacial score (nSPS) is 14.8. The van der Waals surface area contributed by atoms with E-state index in [9.17, 15) is 9.59 Å². The third-order valence-corrected chi connectivity index (χ3v) is 8.62. The monoisotopic (exact) mass is 643 g/mol. The lowest BCUT2D eigenvalue weighted by Crippen LogP contribution is -2.40. The molecule has 0 aliphatic carbocycles. The molecule has 0 spiro atoms. The van der Waals surface area contributed by atoms with Gasteiger partial charge in [0.2, 0.25) is 0 Å². The van der Waals surface area contributed by atoms with Crippen LogP contribution in [0.3, 0.4) is 0 Å². The van der Waals surface area contributed by atoms with Crippen LogP contribution >= 0.6 is 27.3 Å². The van der Waals surface area contributed by atoms with E-state index in [4.69, 9.17) is 18.9 Å². The first-order valence-electron chi connectivity index (χ1n) is 13.3. The van der Waals surface area contributed by atoms with Gasteiger partial charge in [0, 0.05) is 34.9 Å². The Bertz CT molecular complexity index is 1670. The first-order valence-corrected chi connectivity index (χ1v) is 14.9. The molecule has 1 aliphatic rings. The lowest BCUT2D eigenvalue weighted by atomic mass is 9.95. The van der Waals surface area contributed by atoms with Crippen LogP contribution < -0.4 is 34.0 Å². The number of methoxy groups -OCH3 is 3. The van der Waals surface area contributed by atoms with Crippen LogP contribution in [-0.2, 0) is 9.53 Å². The van der Waals surface area contributed by atoms with E-state index < -0.39 is 12.0 Å². The summed E-state index contributed by atoms with van der Waals surface area (Å²) in [6.45, 7) is 9.61. The summed E-state index contributed by atoms with van der Waals surface area (Å²) in [6.07, 6.45) is 1.80. The first-order chi connectivity index (χ1) is 19.7. The van der Waals surface area contributed by atoms with E-state index in [-0.39, 0.29) is 17.7 Å². The van der Waals surface area contributed by atoms with Gasteiger partial charge in [0.05, 0.1) is 49.8 Å². The summed E-state index contributed by atoms with van der Waals surface area (Å²) >= 11 is 4.88. The quantitative estimate of drug-likeness (QED) is 0.302. The van der Waals surface area contributed by atoms with Crippen molar-refractivity contribution >= 4 is 45.0 Å². The van der Waals surface area contributed by atoms with E-state index in [1.54, 1.807) is 50.8 Å². The second kappa shape index (κ2) is 12.9. The number of aromatic nitrogens is 1. The average Bonchev–Trinajstić information content (AvgIpc) is 3.27. The van der Waals surface area contributed by atoms with Crippen molar-refractivity contribution < 1.29 is 23.7 Å². The maximum absolute atomic E-state index is 14.1. The third-order valence-electron chi connectivity index (χ3n) is 6.95. The summed E-state index contributed by atoms with van der Waals surface area (Å²) in [5.41, 5.74) is 2.90. The summed E-state index contributed by atoms with van der Waals surface area (Å²) in [5, 5.41) is 0. The molecule has 41 heavy (non-hydrogen) atoms. The molecule has 2 heterocycles. The number of thiazole rings is 1. The molecule has 218 valence electrons. The number of anilines is 1. The molecule has 1 atom stereocenters. The maximum Gasteiger partial charge on any atom is 0.338 e. The highest BCUT2D eigenvalue weighted by molar-refractivity contribution is 9.10. The molecule has 1 aliphatic heterocycles. The van der Waals surface area contributed by atoms with Gasteiger partial charge in [-0.1, -0.05) is 27.3 Å². The van der Waals surface area contributed by atoms with Crippen molar-refractivity contribution in [3.63, 3.8) is 0 Å². The van der Waals surface area contributed by atoms with Crippen LogP contribution in [0.25, 0.3) is 6.08 Å². The second-order valence-corrected chi connectivity index (χ2v) is 11.0. The lowest BCUT2D eigenvalue weighted by molar-refractivity contribution is -0.139. The fraction of sp³-hybridized carbons (Fsp3) is 0.367. The minimum Gasteiger partial charge on any atom is -0.496 e. The van der Waals surface area contributed by atoms with Gasteiger partial charge < -0.3 is 23.8 Å². The molecule has 0 N–H and O–H groups in total. The van der Waals surface area contributed by atoms with Gasteiger partial charge in [0.1, 0.15) is 5.75 Å². The number of rotatable bonds is 10. The van der Waals surface area contributed by atoms with Crippen LogP contribution in [0.2, 0.25) is 0 Å². The fourth-order valence-electron chi connectivity index (χ4n) is 4.91. The SMILES string of the molecule is CCOC(=O)C1=C(C)N=c2s/c(=C\c3ccc(N(CC)CC)cc3OC)c(=O)n2C1c1cc(OC)c(OC)cc1Br. The number of benzene rings is 2. The Morgan fingerprint density at radius 2 is 1.71 bits per heavy atom. The van der Waals surface area contributed by atoms with Gasteiger partial charge in [0.15, 0.2) is 16.3 Å². The Labute approximate surface area is 251 Å². The van der Waals surface area contributed by atoms with E-state index >= 15 is 0 Å². The van der Waals surface area contributed by atoms with Gasteiger partial charge in [-0.15, -0.1) is 0 Å². The molecule has 0 bridgehead atoms. The summed E-state index contributed by atoms with van der Waals surface area (Å²) in [4.78, 5) is 34.7. The van der Waals surface area contributed by atoms with Gasteiger partial charge in [-0.05, 0) is 63.6 Å². The van der Waals surface area contributed by atoms with Gasteiger partial charge in [-0.25, -0.2) is 9.79 Å². The molecular weight excluding hydrogens is 610 g/mol. The largest absolute Gasteiger partial charge is 0.496 e. The third kappa shape index (κ3) is 5.78. The molecular formula is C30H34BrN3O6S. The minimum atomic E-state index is -0.812. The highest BCUT2D eigenvalue weighted by Gasteiger charge is 2.35. The lowest BCUT2D eigenvalue weighted by Gasteiger charge is -2.26. The predicted molar refractivity (Wildman–Crippen MR) is 164 cm³/mol. The molecule has 2 aromatic carbocycles. The Morgan fingerprint density at radius 1 is 1.05 bits per heavy atom. The van der Waals surface area contributed by atoms with Crippen molar-refractivity contribution in [2.24, 2.45) is 4.99 Å². The zero-order chi connectivity index (χ0) is 29.8. The smallest absolute Gasteiger partial charge is 0.338 e. The molecule has 0 saturated carbocycles. The summed E-state index contributed by atoms with van der Waals surface area (Å²) in [7, 11) is 4.70. The average molecular weight is 645 g/mol. The number of carbonyl (C=O) groups is 1. The van der Waals surface area contributed by atoms with Crippen LogP contribution in [0, 0.1) is 0 Å². The van der Waals surface area contributed by atoms with Gasteiger partial charge in [-0.3, -0.25) is 9.36 Å². The van der Waals surface area contributed by atoms with Crippen LogP contribution in [0.1, 0.15) is 44.9 Å². The fourth-order valence-corrected chi connectivity index (χ4v) is 6.49. The van der Waals surface area contributed by atoms with Gasteiger partial charge in [0.25, 0.3) is 5.56 Å². The Morgan fingerprint density at radius 3 is 2.32 bits per heavy atom. The Hall–Kier alpha value is -3.57. The molecule has 1 unspecified atom stereocenters. The first kappa shape index (κ1) is 30.4. The van der Waals surface area contributed by atoms with Crippen LogP contribution in [0.15, 0.2) is 55.9 Å². The number of nitrogens with zero attached hydrogens (tertiary/aromatic N) is 3. The van der Waals surface area contributed by atoms with E-state index in [1.165, 1.54) is 18.4 Å². The minimum absolute atomic E-state index is 0.184. The molecule has 1 aromatic heterocycles. The van der Waals surface area contributed by atoms with Gasteiger partial charge in [-0.2, -0.15) is 0 Å². The number of esters is 1. The molecule has 0 fully saturated rings. The van der Waals surface area contributed by atoms with Crippen molar-refractivity contribution in [1.82, 2.24) is 4.57 Å². The van der Waals surface area contributed by atoms with Crippen molar-refractivity contribution in [3.05, 3.63) is 76.9 Å². The van der Waals surface area contributed by atoms with Gasteiger partial charge >= 0.3 is 5.97 Å². The van der Waals surface area contributed by atoms with E-state index in [1.807, 2.05) is 18.2 Å². The molecule has 0 radical (unpaired) electrons. The van der Waals surface area contributed by atoms with Crippen molar-refractivity contribution in [2.45, 2.75) is 33.7 Å². The number of allylic oxidation sites excluding steroid dienone is 1. The van der Waals surface area contributed by atoms with E-state index in [2.05, 4.69) is 39.7 Å². The zero-order valence-electron chi connectivity index (χ0n) is 24.2. The number of hydrogen-bond acceptors (Lipinski definition) is 9. The number of hydrogen-bond donors (Lipinski definition) is 0. The Balaban J connectivity index is 1.97. The van der Waals surface area contributed by atoms with Crippen molar-refractivity contribution in [1.29, 1.82) is 0 Å². The molecule has 4 rings (SSSR count). The number of ether oxygens (including phenoxy) is 4. The van der Waals surface area contributed by atoms with E-state index in [0.717, 1.165) is 24.3 Å². The van der Waals surface area contributed by atoms with Crippen LogP contribution in [0.5, 0.6) is 17.2 Å². The molecule has 9 nitrogen and oxygen atoms in total. The van der Waals surface area contributed by atoms with Crippen molar-refractivity contribution in [2.75, 3.05) is 45.9 Å². The van der Waals surface area contributed by atoms with E-state index in [0.29, 0.717) is 42.3 Å². The summed E-state index contributed by atoms with van der Waals surface area (Å²) in [6, 6.07) is 8.64. The standard InChI is InChI=1S/C30H34BrN3O6S/c1-8-33(9-2)19-12-11-18(22(14-19)37-5)13-25-28(35)34-27(20-15-23(38-6)24(39-7)16-21(20)31)26(29(36)40-10-3)17(4)32-30(34)41-25/h11-16,27H,8-10H2,1-7H3/b25-13-. The van der Waals surface area contributed by atoms with Crippen molar-refractivity contribution in [3.8, 4) is 17.2 Å². The molecule has 0 amide bonds. The predicted octanol–water partition coefficient (Wildman–Crippen LogP) is 4.43. The highest BCUT2D eigenvalue weighted by Crippen LogP contribution is 2.40. The molecule has 0 saturated heterocycles. The second-order valence-electron chi connectivity index (χ2n) is 9.13. The van der Waals surface area contributed by atoms with Crippen LogP contribution in [-0.4, -0.2) is 51.6 Å². The van der Waals surface area contributed by atoms with Crippen LogP contribution in [0.4, 0.5) is 5.69 Å². The molecule has 3 aromatic rings. The summed E-state index contributed by atoms with van der Waals surface area (Å²) < 4.78 is 24.8. The number of halogens is 1. The summed E-state index contributed by atoms with van der Waals surface area (Å²) in [5.74, 6) is 1.09. The zero-order valence-corrected chi connectivity index (χ0v) is 26.6. The topological polar surface area (TPSA) is 91.6 Å². The molecule has 11 heteroatoms. The number of carbonyl (C=O) groups excluding carboxylic acids is 1. The highest BCUT2D eigenvalue weighted by atomic mass is 79.9. The Kier molecular flexibility index (Phi) is 9.60.